The van der Waals surface area contributed by atoms with Gasteiger partial charge in [0.2, 0.25) is 0 Å². The third-order valence-electron chi connectivity index (χ3n) is 3.33. The highest BCUT2D eigenvalue weighted by atomic mass is 79.9. The Labute approximate surface area is 152 Å². The molecule has 0 atom stereocenters. The number of nitrogens with zero attached hydrogens (tertiary/aromatic N) is 1. The van der Waals surface area contributed by atoms with Gasteiger partial charge in [-0.05, 0) is 52.7 Å². The van der Waals surface area contributed by atoms with Crippen molar-refractivity contribution in [3.05, 3.63) is 45.1 Å². The molecule has 0 spiro atoms. The fourth-order valence-corrected chi connectivity index (χ4v) is 4.62. The van der Waals surface area contributed by atoms with Gasteiger partial charge in [-0.2, -0.15) is 0 Å². The molecule has 2 heterocycles. The number of sulfonamides is 1. The number of benzene rings is 1. The molecule has 0 fully saturated rings. The van der Waals surface area contributed by atoms with Gasteiger partial charge in [0.05, 0.1) is 13.6 Å². The van der Waals surface area contributed by atoms with Crippen LogP contribution in [-0.2, 0) is 10.0 Å². The van der Waals surface area contributed by atoms with Crippen molar-refractivity contribution in [1.29, 1.82) is 0 Å². The molecule has 1 amide bonds. The Morgan fingerprint density at radius 3 is 2.75 bits per heavy atom. The van der Waals surface area contributed by atoms with E-state index in [1.165, 1.54) is 23.5 Å². The van der Waals surface area contributed by atoms with E-state index in [2.05, 4.69) is 31.0 Å². The van der Waals surface area contributed by atoms with E-state index in [1.54, 1.807) is 24.3 Å². The number of rotatable bonds is 4. The third kappa shape index (κ3) is 4.03. The highest BCUT2D eigenvalue weighted by Gasteiger charge is 2.19. The van der Waals surface area contributed by atoms with Crippen LogP contribution in [0.2, 0.25) is 0 Å². The second kappa shape index (κ2) is 7.04. The number of amidine groups is 1. The van der Waals surface area contributed by atoms with Gasteiger partial charge in [0.1, 0.15) is 5.84 Å². The van der Waals surface area contributed by atoms with E-state index in [0.717, 1.165) is 10.2 Å². The number of halogens is 1. The average Bonchev–Trinajstić information content (AvgIpc) is 3.19. The molecule has 0 unspecified atom stereocenters. The molecule has 1 aromatic carbocycles. The van der Waals surface area contributed by atoms with E-state index < -0.39 is 10.0 Å². The molecule has 1 aromatic heterocycles. The van der Waals surface area contributed by atoms with Gasteiger partial charge in [-0.3, -0.25) is 14.5 Å². The number of aliphatic imine (C=N–C) groups is 1. The first-order valence-corrected chi connectivity index (χ1v) is 10.3. The van der Waals surface area contributed by atoms with Crippen molar-refractivity contribution in [2.24, 2.45) is 4.99 Å². The van der Waals surface area contributed by atoms with Crippen molar-refractivity contribution in [1.82, 2.24) is 4.72 Å². The van der Waals surface area contributed by atoms with Gasteiger partial charge in [0.25, 0.3) is 15.9 Å². The predicted octanol–water partition coefficient (Wildman–Crippen LogP) is 3.23. The minimum atomic E-state index is -3.70. The van der Waals surface area contributed by atoms with Crippen LogP contribution in [0.25, 0.3) is 0 Å². The predicted molar refractivity (Wildman–Crippen MR) is 98.3 cm³/mol. The van der Waals surface area contributed by atoms with E-state index in [9.17, 15) is 13.2 Å². The number of hydrogen-bond donors (Lipinski definition) is 2. The summed E-state index contributed by atoms with van der Waals surface area (Å²) in [6, 6.07) is 9.63. The summed E-state index contributed by atoms with van der Waals surface area (Å²) in [5, 5.41) is 2.71. The molecule has 1 aliphatic heterocycles. The summed E-state index contributed by atoms with van der Waals surface area (Å²) in [6.07, 6.45) is 1.48. The van der Waals surface area contributed by atoms with E-state index >= 15 is 0 Å². The Hall–Kier alpha value is -1.71. The highest BCUT2D eigenvalue weighted by molar-refractivity contribution is 9.11. The quantitative estimate of drug-likeness (QED) is 0.784. The first-order valence-electron chi connectivity index (χ1n) is 7.17. The van der Waals surface area contributed by atoms with Gasteiger partial charge >= 0.3 is 0 Å². The van der Waals surface area contributed by atoms with Crippen molar-refractivity contribution >= 4 is 54.7 Å². The van der Waals surface area contributed by atoms with E-state index in [0.29, 0.717) is 29.4 Å². The summed E-state index contributed by atoms with van der Waals surface area (Å²) in [5.74, 6) is 0.196. The van der Waals surface area contributed by atoms with Crippen LogP contribution in [-0.4, -0.2) is 26.7 Å². The second-order valence-corrected chi connectivity index (χ2v) is 9.27. The first-order chi connectivity index (χ1) is 11.4. The van der Waals surface area contributed by atoms with E-state index in [4.69, 9.17) is 0 Å². The molecule has 6 nitrogen and oxygen atoms in total. The molecule has 24 heavy (non-hydrogen) atoms. The fourth-order valence-electron chi connectivity index (χ4n) is 2.21. The first kappa shape index (κ1) is 17.1. The number of carbonyl (C=O) groups is 1. The molecule has 0 saturated carbocycles. The maximum absolute atomic E-state index is 12.4. The Bertz CT molecular complexity index is 906. The molecule has 126 valence electrons. The van der Waals surface area contributed by atoms with Crippen LogP contribution in [0.1, 0.15) is 22.5 Å². The van der Waals surface area contributed by atoms with Gasteiger partial charge in [-0.1, -0.05) is 6.07 Å². The van der Waals surface area contributed by atoms with E-state index in [1.807, 2.05) is 0 Å². The van der Waals surface area contributed by atoms with Gasteiger partial charge in [-0.15, -0.1) is 11.3 Å². The smallest absolute Gasteiger partial charge is 0.265 e. The van der Waals surface area contributed by atoms with E-state index in [-0.39, 0.29) is 10.8 Å². The van der Waals surface area contributed by atoms with Crippen molar-refractivity contribution < 1.29 is 13.2 Å². The lowest BCUT2D eigenvalue weighted by Crippen LogP contribution is -2.29. The summed E-state index contributed by atoms with van der Waals surface area (Å²) >= 11 is 4.61. The maximum Gasteiger partial charge on any atom is 0.265 e. The Morgan fingerprint density at radius 1 is 1.25 bits per heavy atom. The second-order valence-electron chi connectivity index (χ2n) is 5.12. The zero-order valence-electron chi connectivity index (χ0n) is 12.5. The summed E-state index contributed by atoms with van der Waals surface area (Å²) in [4.78, 5) is 16.9. The van der Waals surface area contributed by atoms with Crippen LogP contribution in [0, 0.1) is 0 Å². The number of amides is 1. The standard InChI is InChI=1S/C15H14BrN3O3S2/c16-13-7-6-12(23-13)15(20)18-10-3-1-4-11(9-10)24(21,22)19-14-5-2-8-17-14/h1,3-4,6-7,9H,2,5,8H2,(H,17,19)(H,18,20). The zero-order valence-corrected chi connectivity index (χ0v) is 15.7. The topological polar surface area (TPSA) is 87.6 Å². The molecule has 0 bridgehead atoms. The maximum atomic E-state index is 12.4. The number of hydrogen-bond acceptors (Lipinski definition) is 5. The van der Waals surface area contributed by atoms with Crippen molar-refractivity contribution in [2.75, 3.05) is 11.9 Å². The average molecular weight is 428 g/mol. The monoisotopic (exact) mass is 427 g/mol. The number of nitrogens with one attached hydrogen (secondary N) is 2. The summed E-state index contributed by atoms with van der Waals surface area (Å²) in [6.45, 7) is 0.643. The Balaban J connectivity index is 1.77. The lowest BCUT2D eigenvalue weighted by molar-refractivity contribution is 0.103. The van der Waals surface area contributed by atoms with Crippen LogP contribution in [0.15, 0.2) is 50.1 Å². The van der Waals surface area contributed by atoms with Crippen LogP contribution in [0.5, 0.6) is 0 Å². The molecule has 2 aromatic rings. The molecular formula is C15H14BrN3O3S2. The lowest BCUT2D eigenvalue weighted by Gasteiger charge is -2.09. The minimum absolute atomic E-state index is 0.0854. The summed E-state index contributed by atoms with van der Waals surface area (Å²) in [7, 11) is -3.70. The van der Waals surface area contributed by atoms with Gasteiger partial charge in [0.15, 0.2) is 0 Å². The molecule has 0 radical (unpaired) electrons. The third-order valence-corrected chi connectivity index (χ3v) is 6.33. The number of carbonyl (C=O) groups excluding carboxylic acids is 1. The van der Waals surface area contributed by atoms with Gasteiger partial charge < -0.3 is 5.32 Å². The zero-order chi connectivity index (χ0) is 17.2. The largest absolute Gasteiger partial charge is 0.321 e. The van der Waals surface area contributed by atoms with Crippen LogP contribution in [0.4, 0.5) is 5.69 Å². The van der Waals surface area contributed by atoms with Gasteiger partial charge in [0, 0.05) is 18.7 Å². The Morgan fingerprint density at radius 2 is 2.08 bits per heavy atom. The van der Waals surface area contributed by atoms with Crippen molar-refractivity contribution in [3.8, 4) is 0 Å². The fraction of sp³-hybridized carbons (Fsp3) is 0.200. The lowest BCUT2D eigenvalue weighted by atomic mass is 10.3. The molecule has 3 rings (SSSR count). The van der Waals surface area contributed by atoms with Crippen molar-refractivity contribution in [2.45, 2.75) is 17.7 Å². The number of anilines is 1. The molecule has 9 heteroatoms. The van der Waals surface area contributed by atoms with Crippen LogP contribution < -0.4 is 10.0 Å². The molecule has 1 aliphatic rings. The molecular weight excluding hydrogens is 414 g/mol. The van der Waals surface area contributed by atoms with Crippen molar-refractivity contribution in [3.63, 3.8) is 0 Å². The molecule has 0 aliphatic carbocycles. The minimum Gasteiger partial charge on any atom is -0.321 e. The molecule has 2 N–H and O–H groups in total. The Kier molecular flexibility index (Phi) is 5.02. The normalized spacial score (nSPS) is 14.3. The van der Waals surface area contributed by atoms with Crippen LogP contribution >= 0.6 is 27.3 Å². The van der Waals surface area contributed by atoms with Crippen LogP contribution in [0.3, 0.4) is 0 Å². The molecule has 0 saturated heterocycles. The van der Waals surface area contributed by atoms with Gasteiger partial charge in [-0.25, -0.2) is 8.42 Å². The summed E-state index contributed by atoms with van der Waals surface area (Å²) < 4.78 is 28.1. The summed E-state index contributed by atoms with van der Waals surface area (Å²) in [5.41, 5.74) is 0.417. The number of thiophene rings is 1. The SMILES string of the molecule is O=C(Nc1cccc(S(=O)(=O)NC2=NCCC2)c1)c1ccc(Br)s1. The highest BCUT2D eigenvalue weighted by Crippen LogP contribution is 2.23.